The van der Waals surface area contributed by atoms with Crippen LogP contribution in [0.4, 0.5) is 0 Å². The van der Waals surface area contributed by atoms with Gasteiger partial charge in [0.15, 0.2) is 0 Å². The second kappa shape index (κ2) is 5.14. The van der Waals surface area contributed by atoms with Crippen molar-refractivity contribution in [1.82, 2.24) is 19.3 Å². The molecule has 5 heteroatoms. The van der Waals surface area contributed by atoms with Crippen molar-refractivity contribution < 1.29 is 0 Å². The molecule has 5 nitrogen and oxygen atoms in total. The van der Waals surface area contributed by atoms with E-state index in [0.717, 1.165) is 30.9 Å². The van der Waals surface area contributed by atoms with E-state index in [2.05, 4.69) is 27.6 Å². The Hall–Kier alpha value is -1.62. The minimum atomic E-state index is 0.628. The Labute approximate surface area is 101 Å². The van der Waals surface area contributed by atoms with Crippen LogP contribution >= 0.6 is 0 Å². The van der Waals surface area contributed by atoms with E-state index in [9.17, 15) is 0 Å². The van der Waals surface area contributed by atoms with Crippen LogP contribution in [0.5, 0.6) is 0 Å². The lowest BCUT2D eigenvalue weighted by molar-refractivity contribution is 0.639. The van der Waals surface area contributed by atoms with Gasteiger partial charge in [-0.1, -0.05) is 6.92 Å². The van der Waals surface area contributed by atoms with Crippen molar-refractivity contribution in [3.63, 3.8) is 0 Å². The number of hydrogen-bond donors (Lipinski definition) is 1. The van der Waals surface area contributed by atoms with Crippen LogP contribution in [0.3, 0.4) is 0 Å². The van der Waals surface area contributed by atoms with E-state index in [-0.39, 0.29) is 0 Å². The summed E-state index contributed by atoms with van der Waals surface area (Å²) in [5, 5.41) is 4.44. The smallest absolute Gasteiger partial charge is 0.110 e. The Bertz CT molecular complexity index is 483. The summed E-state index contributed by atoms with van der Waals surface area (Å²) in [4.78, 5) is 4.31. The molecular formula is C12H19N5. The number of imidazole rings is 1. The molecule has 2 N–H and O–H groups in total. The molecule has 0 saturated carbocycles. The van der Waals surface area contributed by atoms with E-state index in [1.54, 1.807) is 0 Å². The molecule has 2 aromatic rings. The summed E-state index contributed by atoms with van der Waals surface area (Å²) >= 11 is 0. The van der Waals surface area contributed by atoms with Gasteiger partial charge in [-0.3, -0.25) is 4.68 Å². The first-order valence-corrected chi connectivity index (χ1v) is 5.96. The maximum Gasteiger partial charge on any atom is 0.110 e. The molecule has 17 heavy (non-hydrogen) atoms. The van der Waals surface area contributed by atoms with Crippen LogP contribution in [0.2, 0.25) is 0 Å². The molecule has 0 spiro atoms. The summed E-state index contributed by atoms with van der Waals surface area (Å²) in [6, 6.07) is 2.15. The summed E-state index contributed by atoms with van der Waals surface area (Å²) in [7, 11) is 1.98. The van der Waals surface area contributed by atoms with Crippen molar-refractivity contribution in [2.45, 2.75) is 26.3 Å². The quantitative estimate of drug-likeness (QED) is 0.828. The summed E-state index contributed by atoms with van der Waals surface area (Å²) in [5.74, 6) is 1.03. The zero-order chi connectivity index (χ0) is 12.3. The number of aryl methyl sites for hydroxylation is 2. The summed E-state index contributed by atoms with van der Waals surface area (Å²) < 4.78 is 4.06. The molecule has 0 atom stereocenters. The topological polar surface area (TPSA) is 61.7 Å². The van der Waals surface area contributed by atoms with Gasteiger partial charge in [0, 0.05) is 25.9 Å². The Morgan fingerprint density at radius 2 is 2.24 bits per heavy atom. The summed E-state index contributed by atoms with van der Waals surface area (Å²) in [6.45, 7) is 3.55. The fraction of sp³-hybridized carbons (Fsp3) is 0.500. The highest BCUT2D eigenvalue weighted by atomic mass is 15.3. The standard InChI is InChI=1S/C12H19N5/c1-3-10-8-11(16(2)15-10)9-17-7-6-14-12(17)4-5-13/h6-8H,3-5,9,13H2,1-2H3. The third-order valence-corrected chi connectivity index (χ3v) is 2.89. The molecule has 0 radical (unpaired) electrons. The van der Waals surface area contributed by atoms with Gasteiger partial charge in [0.1, 0.15) is 5.82 Å². The Morgan fingerprint density at radius 1 is 1.41 bits per heavy atom. The van der Waals surface area contributed by atoms with Crippen LogP contribution in [-0.4, -0.2) is 25.9 Å². The lowest BCUT2D eigenvalue weighted by Gasteiger charge is -2.07. The Balaban J connectivity index is 2.18. The molecule has 0 aliphatic carbocycles. The first-order chi connectivity index (χ1) is 8.24. The summed E-state index contributed by atoms with van der Waals surface area (Å²) in [6.07, 6.45) is 5.59. The molecule has 0 aliphatic rings. The second-order valence-corrected chi connectivity index (χ2v) is 4.11. The van der Waals surface area contributed by atoms with Crippen LogP contribution in [-0.2, 0) is 26.4 Å². The van der Waals surface area contributed by atoms with Crippen LogP contribution in [0.15, 0.2) is 18.5 Å². The van der Waals surface area contributed by atoms with Crippen molar-refractivity contribution in [3.8, 4) is 0 Å². The van der Waals surface area contributed by atoms with Crippen molar-refractivity contribution in [2.75, 3.05) is 6.54 Å². The second-order valence-electron chi connectivity index (χ2n) is 4.11. The van der Waals surface area contributed by atoms with Gasteiger partial charge < -0.3 is 10.3 Å². The van der Waals surface area contributed by atoms with Crippen molar-refractivity contribution in [1.29, 1.82) is 0 Å². The first kappa shape index (κ1) is 11.9. The van der Waals surface area contributed by atoms with Crippen molar-refractivity contribution in [2.24, 2.45) is 12.8 Å². The van der Waals surface area contributed by atoms with Gasteiger partial charge in [-0.25, -0.2) is 4.98 Å². The molecule has 0 aliphatic heterocycles. The number of rotatable bonds is 5. The van der Waals surface area contributed by atoms with E-state index in [1.807, 2.05) is 24.1 Å². The van der Waals surface area contributed by atoms with Gasteiger partial charge in [-0.2, -0.15) is 5.10 Å². The van der Waals surface area contributed by atoms with E-state index in [0.29, 0.717) is 6.54 Å². The first-order valence-electron chi connectivity index (χ1n) is 5.96. The Morgan fingerprint density at radius 3 is 2.88 bits per heavy atom. The van der Waals surface area contributed by atoms with Gasteiger partial charge in [-0.15, -0.1) is 0 Å². The summed E-state index contributed by atoms with van der Waals surface area (Å²) in [5.41, 5.74) is 7.89. The molecule has 2 rings (SSSR count). The number of aromatic nitrogens is 4. The molecule has 0 fully saturated rings. The number of nitrogens with two attached hydrogens (primary N) is 1. The SMILES string of the molecule is CCc1cc(Cn2ccnc2CCN)n(C)n1. The lowest BCUT2D eigenvalue weighted by Crippen LogP contribution is -2.12. The zero-order valence-electron chi connectivity index (χ0n) is 10.4. The maximum atomic E-state index is 5.57. The van der Waals surface area contributed by atoms with Crippen LogP contribution in [0.1, 0.15) is 24.1 Å². The van der Waals surface area contributed by atoms with Gasteiger partial charge in [0.25, 0.3) is 0 Å². The number of nitrogens with zero attached hydrogens (tertiary/aromatic N) is 4. The van der Waals surface area contributed by atoms with Crippen LogP contribution < -0.4 is 5.73 Å². The van der Waals surface area contributed by atoms with E-state index >= 15 is 0 Å². The molecule has 0 amide bonds. The minimum absolute atomic E-state index is 0.628. The van der Waals surface area contributed by atoms with E-state index in [1.165, 1.54) is 5.69 Å². The molecule has 2 aromatic heterocycles. The van der Waals surface area contributed by atoms with Crippen molar-refractivity contribution >= 4 is 0 Å². The van der Waals surface area contributed by atoms with Gasteiger partial charge in [0.2, 0.25) is 0 Å². The lowest BCUT2D eigenvalue weighted by atomic mass is 10.3. The van der Waals surface area contributed by atoms with Gasteiger partial charge >= 0.3 is 0 Å². The molecular weight excluding hydrogens is 214 g/mol. The van der Waals surface area contributed by atoms with Crippen LogP contribution in [0, 0.1) is 0 Å². The van der Waals surface area contributed by atoms with Crippen LogP contribution in [0.25, 0.3) is 0 Å². The average Bonchev–Trinajstić information content (AvgIpc) is 2.88. The third kappa shape index (κ3) is 2.55. The average molecular weight is 233 g/mol. The predicted octanol–water partition coefficient (Wildman–Crippen LogP) is 0.728. The van der Waals surface area contributed by atoms with E-state index < -0.39 is 0 Å². The van der Waals surface area contributed by atoms with Gasteiger partial charge in [-0.05, 0) is 19.0 Å². The highest BCUT2D eigenvalue weighted by molar-refractivity contribution is 5.11. The third-order valence-electron chi connectivity index (χ3n) is 2.89. The molecule has 0 bridgehead atoms. The van der Waals surface area contributed by atoms with Gasteiger partial charge in [0.05, 0.1) is 17.9 Å². The fourth-order valence-corrected chi connectivity index (χ4v) is 1.91. The molecule has 2 heterocycles. The monoisotopic (exact) mass is 233 g/mol. The predicted molar refractivity (Wildman–Crippen MR) is 66.7 cm³/mol. The normalized spacial score (nSPS) is 11.0. The highest BCUT2D eigenvalue weighted by Gasteiger charge is 2.07. The maximum absolute atomic E-state index is 5.57. The number of hydrogen-bond acceptors (Lipinski definition) is 3. The molecule has 0 saturated heterocycles. The molecule has 0 unspecified atom stereocenters. The molecule has 92 valence electrons. The zero-order valence-corrected chi connectivity index (χ0v) is 10.4. The minimum Gasteiger partial charge on any atom is -0.330 e. The Kier molecular flexibility index (Phi) is 3.58. The highest BCUT2D eigenvalue weighted by Crippen LogP contribution is 2.08. The largest absolute Gasteiger partial charge is 0.330 e. The van der Waals surface area contributed by atoms with E-state index in [4.69, 9.17) is 5.73 Å². The molecule has 0 aromatic carbocycles. The van der Waals surface area contributed by atoms with Crippen molar-refractivity contribution in [3.05, 3.63) is 35.7 Å². The fourth-order valence-electron chi connectivity index (χ4n) is 1.91.